The SMILES string of the molecule is c1ccc(-c2ccc(N(c3ccc(-c4cccc5c4-n4c6ccccc6c6cccc(c64)O5)cc3)c3cccc4c3sc3c(-c5ccccc5)cccc34)cc2)cc1. The molecule has 58 heavy (non-hydrogen) atoms. The van der Waals surface area contributed by atoms with Crippen LogP contribution in [0.5, 0.6) is 11.5 Å². The van der Waals surface area contributed by atoms with Crippen LogP contribution < -0.4 is 9.64 Å². The van der Waals surface area contributed by atoms with Crippen molar-refractivity contribution in [1.29, 1.82) is 0 Å². The van der Waals surface area contributed by atoms with Crippen LogP contribution in [0.15, 0.2) is 206 Å². The number of hydrogen-bond donors (Lipinski definition) is 0. The first-order chi connectivity index (χ1) is 28.8. The summed E-state index contributed by atoms with van der Waals surface area (Å²) < 4.78 is 11.6. The maximum Gasteiger partial charge on any atom is 0.152 e. The highest BCUT2D eigenvalue weighted by Crippen LogP contribution is 2.50. The largest absolute Gasteiger partial charge is 0.453 e. The highest BCUT2D eigenvalue weighted by Gasteiger charge is 2.26. The number of nitrogens with zero attached hydrogens (tertiary/aromatic N) is 2. The van der Waals surface area contributed by atoms with Crippen molar-refractivity contribution in [2.24, 2.45) is 0 Å². The zero-order valence-corrected chi connectivity index (χ0v) is 32.2. The van der Waals surface area contributed by atoms with Crippen molar-refractivity contribution in [3.63, 3.8) is 0 Å². The van der Waals surface area contributed by atoms with E-state index in [9.17, 15) is 0 Å². The van der Waals surface area contributed by atoms with E-state index in [1.165, 1.54) is 58.7 Å². The number of benzene rings is 9. The van der Waals surface area contributed by atoms with Crippen molar-refractivity contribution in [3.8, 4) is 50.6 Å². The van der Waals surface area contributed by atoms with Crippen LogP contribution in [0.4, 0.5) is 17.1 Å². The van der Waals surface area contributed by atoms with E-state index >= 15 is 0 Å². The Labute approximate surface area is 339 Å². The molecule has 11 aromatic rings. The molecule has 1 aliphatic rings. The van der Waals surface area contributed by atoms with Gasteiger partial charge in [0.05, 0.1) is 27.1 Å². The molecule has 0 aliphatic carbocycles. The molecule has 0 fully saturated rings. The van der Waals surface area contributed by atoms with Gasteiger partial charge in [0.1, 0.15) is 0 Å². The molecule has 0 amide bonds. The monoisotopic (exact) mass is 758 g/mol. The van der Waals surface area contributed by atoms with Crippen LogP contribution in [0.3, 0.4) is 0 Å². The number of anilines is 3. The summed E-state index contributed by atoms with van der Waals surface area (Å²) in [6.45, 7) is 0. The molecule has 3 heterocycles. The summed E-state index contributed by atoms with van der Waals surface area (Å²) in [5.74, 6) is 1.74. The predicted octanol–water partition coefficient (Wildman–Crippen LogP) is 15.7. The molecule has 0 saturated heterocycles. The minimum atomic E-state index is 0.856. The maximum absolute atomic E-state index is 6.63. The predicted molar refractivity (Wildman–Crippen MR) is 245 cm³/mol. The van der Waals surface area contributed by atoms with E-state index in [0.717, 1.165) is 50.9 Å². The minimum Gasteiger partial charge on any atom is -0.453 e. The zero-order valence-electron chi connectivity index (χ0n) is 31.3. The normalized spacial score (nSPS) is 11.9. The summed E-state index contributed by atoms with van der Waals surface area (Å²) in [7, 11) is 0. The molecule has 2 aromatic heterocycles. The molecule has 1 aliphatic heterocycles. The number of fused-ring (bicyclic) bond motifs is 8. The van der Waals surface area contributed by atoms with Crippen molar-refractivity contribution in [3.05, 3.63) is 206 Å². The van der Waals surface area contributed by atoms with E-state index in [1.54, 1.807) is 0 Å². The highest BCUT2D eigenvalue weighted by atomic mass is 32.1. The first kappa shape index (κ1) is 32.8. The van der Waals surface area contributed by atoms with Gasteiger partial charge < -0.3 is 14.2 Å². The molecule has 0 saturated carbocycles. The summed E-state index contributed by atoms with van der Waals surface area (Å²) in [4.78, 5) is 2.42. The molecule has 0 bridgehead atoms. The van der Waals surface area contributed by atoms with Gasteiger partial charge in [-0.1, -0.05) is 158 Å². The van der Waals surface area contributed by atoms with Gasteiger partial charge >= 0.3 is 0 Å². The standard InChI is InChI=1S/C54H34N2OS/c1-3-13-35(14-4-1)36-27-31-39(32-28-36)55(48-24-10-22-46-45-21-9-19-42(53(45)58-54(46)48)37-15-5-2-6-16-37)40-33-29-38(30-34-40)41-18-11-25-49-51(41)56-47-23-8-7-17-43(47)44-20-12-26-50(57-49)52(44)56/h1-34H. The van der Waals surface area contributed by atoms with Crippen molar-refractivity contribution in [2.75, 3.05) is 4.90 Å². The van der Waals surface area contributed by atoms with Gasteiger partial charge in [0.15, 0.2) is 11.5 Å². The van der Waals surface area contributed by atoms with Crippen molar-refractivity contribution in [1.82, 2.24) is 4.57 Å². The molecule has 9 aromatic carbocycles. The fraction of sp³-hybridized carbons (Fsp3) is 0. The Hall–Kier alpha value is -7.40. The molecule has 0 N–H and O–H groups in total. The fourth-order valence-electron chi connectivity index (χ4n) is 8.97. The Bertz CT molecular complexity index is 3350. The van der Waals surface area contributed by atoms with Crippen LogP contribution in [0.25, 0.3) is 81.0 Å². The minimum absolute atomic E-state index is 0.856. The third-order valence-corrected chi connectivity index (χ3v) is 12.9. The van der Waals surface area contributed by atoms with E-state index < -0.39 is 0 Å². The van der Waals surface area contributed by atoms with Crippen LogP contribution >= 0.6 is 11.3 Å². The lowest BCUT2D eigenvalue weighted by Crippen LogP contribution is -2.10. The summed E-state index contributed by atoms with van der Waals surface area (Å²) >= 11 is 1.88. The summed E-state index contributed by atoms with van der Waals surface area (Å²) in [5, 5.41) is 4.96. The Morgan fingerprint density at radius 1 is 0.379 bits per heavy atom. The fourth-order valence-corrected chi connectivity index (χ4v) is 10.3. The van der Waals surface area contributed by atoms with Gasteiger partial charge in [-0.2, -0.15) is 0 Å². The Morgan fingerprint density at radius 2 is 0.914 bits per heavy atom. The molecule has 0 atom stereocenters. The van der Waals surface area contributed by atoms with E-state index in [1.807, 2.05) is 11.3 Å². The lowest BCUT2D eigenvalue weighted by atomic mass is 10.0. The molecule has 0 radical (unpaired) electrons. The summed E-state index contributed by atoms with van der Waals surface area (Å²) in [6, 6.07) is 74.2. The average molecular weight is 759 g/mol. The molecule has 4 heteroatoms. The van der Waals surface area contributed by atoms with Crippen molar-refractivity contribution in [2.45, 2.75) is 0 Å². The third kappa shape index (κ3) is 5.05. The Balaban J connectivity index is 1.03. The van der Waals surface area contributed by atoms with Crippen molar-refractivity contribution < 1.29 is 4.74 Å². The second-order valence-corrected chi connectivity index (χ2v) is 15.9. The first-order valence-electron chi connectivity index (χ1n) is 19.7. The molecular weight excluding hydrogens is 725 g/mol. The van der Waals surface area contributed by atoms with E-state index in [2.05, 4.69) is 216 Å². The Kier molecular flexibility index (Phi) is 7.40. The molecule has 0 spiro atoms. The topological polar surface area (TPSA) is 17.4 Å². The maximum atomic E-state index is 6.63. The highest BCUT2D eigenvalue weighted by molar-refractivity contribution is 7.27. The lowest BCUT2D eigenvalue weighted by molar-refractivity contribution is 0.477. The summed E-state index contributed by atoms with van der Waals surface area (Å²) in [6.07, 6.45) is 0. The van der Waals surface area contributed by atoms with Crippen LogP contribution in [0.1, 0.15) is 0 Å². The van der Waals surface area contributed by atoms with E-state index in [4.69, 9.17) is 4.74 Å². The quantitative estimate of drug-likeness (QED) is 0.168. The molecular formula is C54H34N2OS. The van der Waals surface area contributed by atoms with Gasteiger partial charge in [-0.15, -0.1) is 11.3 Å². The van der Waals surface area contributed by atoms with Gasteiger partial charge in [0, 0.05) is 43.2 Å². The molecule has 3 nitrogen and oxygen atoms in total. The number of aromatic nitrogens is 1. The van der Waals surface area contributed by atoms with E-state index in [-0.39, 0.29) is 0 Å². The third-order valence-electron chi connectivity index (χ3n) is 11.6. The van der Waals surface area contributed by atoms with Crippen LogP contribution in [0, 0.1) is 0 Å². The van der Waals surface area contributed by atoms with Crippen molar-refractivity contribution >= 4 is 70.4 Å². The van der Waals surface area contributed by atoms with Gasteiger partial charge in [0.25, 0.3) is 0 Å². The average Bonchev–Trinajstić information content (AvgIpc) is 3.85. The number of para-hydroxylation sites is 3. The molecule has 12 rings (SSSR count). The zero-order chi connectivity index (χ0) is 38.2. The smallest absolute Gasteiger partial charge is 0.152 e. The second kappa shape index (κ2) is 13.1. The van der Waals surface area contributed by atoms with Gasteiger partial charge in [-0.3, -0.25) is 0 Å². The van der Waals surface area contributed by atoms with E-state index in [0.29, 0.717) is 0 Å². The lowest BCUT2D eigenvalue weighted by Gasteiger charge is -2.27. The second-order valence-electron chi connectivity index (χ2n) is 14.9. The molecule has 272 valence electrons. The van der Waals surface area contributed by atoms with Crippen LogP contribution in [0.2, 0.25) is 0 Å². The van der Waals surface area contributed by atoms with Gasteiger partial charge in [-0.25, -0.2) is 0 Å². The van der Waals surface area contributed by atoms with Crippen LogP contribution in [-0.4, -0.2) is 4.57 Å². The van der Waals surface area contributed by atoms with Gasteiger partial charge in [-0.05, 0) is 76.3 Å². The van der Waals surface area contributed by atoms with Gasteiger partial charge in [0.2, 0.25) is 0 Å². The number of ether oxygens (including phenoxy) is 1. The van der Waals surface area contributed by atoms with Crippen LogP contribution in [-0.2, 0) is 0 Å². The number of rotatable bonds is 6. The number of thiophene rings is 1. The first-order valence-corrected chi connectivity index (χ1v) is 20.5. The summed E-state index contributed by atoms with van der Waals surface area (Å²) in [5.41, 5.74) is 13.8. The molecule has 0 unspecified atom stereocenters. The Morgan fingerprint density at radius 3 is 1.69 bits per heavy atom. The number of hydrogen-bond acceptors (Lipinski definition) is 3.